The molecule has 2 aromatic rings. The summed E-state index contributed by atoms with van der Waals surface area (Å²) >= 11 is 0. The van der Waals surface area contributed by atoms with Gasteiger partial charge in [0.15, 0.2) is 0 Å². The second-order valence-corrected chi connectivity index (χ2v) is 7.68. The molecule has 5 atom stereocenters. The first-order valence-corrected chi connectivity index (χ1v) is 9.89. The van der Waals surface area contributed by atoms with E-state index in [0.29, 0.717) is 6.54 Å². The molecular weight excluding hydrogens is 368 g/mol. The second kappa shape index (κ2) is 9.52. The molecule has 0 aromatic heterocycles. The predicted octanol–water partition coefficient (Wildman–Crippen LogP) is 1.27. The summed E-state index contributed by atoms with van der Waals surface area (Å²) in [6, 6.07) is 17.6. The topological polar surface area (TPSA) is 96.2 Å². The minimum Gasteiger partial charge on any atom is -0.395 e. The van der Waals surface area contributed by atoms with Crippen LogP contribution in [0.1, 0.15) is 29.7 Å². The molecular formula is C23H30N2O4. The molecule has 1 aliphatic rings. The first-order chi connectivity index (χ1) is 13.9. The summed E-state index contributed by atoms with van der Waals surface area (Å²) in [4.78, 5) is 1.79. The summed E-state index contributed by atoms with van der Waals surface area (Å²) in [5, 5.41) is 42.9. The van der Waals surface area contributed by atoms with Crippen LogP contribution in [0.3, 0.4) is 0 Å². The van der Waals surface area contributed by atoms with Crippen LogP contribution in [-0.4, -0.2) is 62.8 Å². The van der Waals surface area contributed by atoms with Crippen LogP contribution in [0, 0.1) is 0 Å². The Morgan fingerprint density at radius 3 is 2.34 bits per heavy atom. The van der Waals surface area contributed by atoms with Gasteiger partial charge in [0.25, 0.3) is 0 Å². The van der Waals surface area contributed by atoms with E-state index in [1.165, 1.54) is 5.56 Å². The quantitative estimate of drug-likeness (QED) is 0.482. The van der Waals surface area contributed by atoms with Crippen molar-refractivity contribution in [3.05, 3.63) is 77.9 Å². The molecule has 156 valence electrons. The van der Waals surface area contributed by atoms with Gasteiger partial charge in [-0.25, -0.2) is 0 Å². The van der Waals surface area contributed by atoms with Crippen molar-refractivity contribution in [3.63, 3.8) is 0 Å². The van der Waals surface area contributed by atoms with Crippen molar-refractivity contribution in [3.8, 4) is 0 Å². The van der Waals surface area contributed by atoms with Gasteiger partial charge in [-0.15, -0.1) is 0 Å². The third-order valence-electron chi connectivity index (χ3n) is 5.59. The van der Waals surface area contributed by atoms with Crippen LogP contribution in [0.15, 0.2) is 61.2 Å². The average molecular weight is 399 g/mol. The van der Waals surface area contributed by atoms with Gasteiger partial charge in [-0.1, -0.05) is 61.2 Å². The van der Waals surface area contributed by atoms with Gasteiger partial charge in [-0.2, -0.15) is 0 Å². The molecule has 1 fully saturated rings. The Kier molecular flexibility index (Phi) is 7.05. The van der Waals surface area contributed by atoms with Crippen LogP contribution < -0.4 is 5.32 Å². The summed E-state index contributed by atoms with van der Waals surface area (Å²) in [6.45, 7) is 6.58. The van der Waals surface area contributed by atoms with Crippen molar-refractivity contribution in [2.75, 3.05) is 13.2 Å². The zero-order valence-electron chi connectivity index (χ0n) is 16.6. The zero-order valence-corrected chi connectivity index (χ0v) is 16.6. The average Bonchev–Trinajstić information content (AvgIpc) is 2.73. The monoisotopic (exact) mass is 398 g/mol. The molecule has 0 bridgehead atoms. The number of rotatable bonds is 7. The summed E-state index contributed by atoms with van der Waals surface area (Å²) < 4.78 is 0. The maximum atomic E-state index is 10.1. The molecule has 5 N–H and O–H groups in total. The number of hydrogen-bond acceptors (Lipinski definition) is 6. The zero-order chi connectivity index (χ0) is 21.0. The highest BCUT2D eigenvalue weighted by atomic mass is 16.4. The van der Waals surface area contributed by atoms with E-state index >= 15 is 0 Å². The smallest absolute Gasteiger partial charge is 0.109 e. The van der Waals surface area contributed by atoms with Gasteiger partial charge in [0, 0.05) is 24.8 Å². The fraction of sp³-hybridized carbons (Fsp3) is 0.391. The summed E-state index contributed by atoms with van der Waals surface area (Å²) in [7, 11) is 0. The number of nitrogens with one attached hydrogen (secondary N) is 1. The molecule has 0 saturated carbocycles. The van der Waals surface area contributed by atoms with E-state index in [4.69, 9.17) is 0 Å². The number of β-amino-alcohol motifs (C(OH)–C–C–N with tert-alkyl or cyclic N) is 1. The van der Waals surface area contributed by atoms with Gasteiger partial charge in [0.2, 0.25) is 0 Å². The fourth-order valence-corrected chi connectivity index (χ4v) is 3.78. The highest BCUT2D eigenvalue weighted by Crippen LogP contribution is 2.23. The molecule has 2 aromatic carbocycles. The lowest BCUT2D eigenvalue weighted by atomic mass is 9.93. The van der Waals surface area contributed by atoms with Crippen LogP contribution in [0.2, 0.25) is 0 Å². The normalized spacial score (nSPS) is 26.1. The van der Waals surface area contributed by atoms with E-state index in [9.17, 15) is 20.4 Å². The standard InChI is InChI=1S/C23H30N2O4/c1-15(18-6-4-3-5-7-18)24-16(2)19-10-8-17(9-11-19)12-25-13-21(27)23(29)22(28)20(25)14-26/h3-11,15,20-24,26-29H,2,12-14H2,1H3/t15-,20+,21+,22-,23-/m1/s1. The Labute approximate surface area is 171 Å². The third kappa shape index (κ3) is 5.04. The lowest BCUT2D eigenvalue weighted by Gasteiger charge is -2.43. The van der Waals surface area contributed by atoms with Crippen molar-refractivity contribution in [2.24, 2.45) is 0 Å². The van der Waals surface area contributed by atoms with Crippen molar-refractivity contribution < 1.29 is 20.4 Å². The van der Waals surface area contributed by atoms with E-state index in [1.807, 2.05) is 42.5 Å². The van der Waals surface area contributed by atoms with E-state index in [0.717, 1.165) is 16.8 Å². The first-order valence-electron chi connectivity index (χ1n) is 9.89. The molecule has 0 spiro atoms. The van der Waals surface area contributed by atoms with Crippen molar-refractivity contribution in [1.82, 2.24) is 10.2 Å². The predicted molar refractivity (Wildman–Crippen MR) is 113 cm³/mol. The Bertz CT molecular complexity index is 796. The van der Waals surface area contributed by atoms with Crippen LogP contribution in [-0.2, 0) is 6.54 Å². The van der Waals surface area contributed by atoms with Gasteiger partial charge >= 0.3 is 0 Å². The molecule has 29 heavy (non-hydrogen) atoms. The molecule has 6 heteroatoms. The van der Waals surface area contributed by atoms with Crippen molar-refractivity contribution in [2.45, 2.75) is 43.9 Å². The minimum absolute atomic E-state index is 0.136. The van der Waals surface area contributed by atoms with Gasteiger partial charge in [-0.3, -0.25) is 4.90 Å². The van der Waals surface area contributed by atoms with Gasteiger partial charge in [0.05, 0.1) is 18.8 Å². The number of benzene rings is 2. The summed E-state index contributed by atoms with van der Waals surface area (Å²) in [5.41, 5.74) is 3.97. The van der Waals surface area contributed by atoms with E-state index in [2.05, 4.69) is 31.0 Å². The van der Waals surface area contributed by atoms with Crippen LogP contribution >= 0.6 is 0 Å². The molecule has 0 unspecified atom stereocenters. The Morgan fingerprint density at radius 1 is 1.07 bits per heavy atom. The largest absolute Gasteiger partial charge is 0.395 e. The van der Waals surface area contributed by atoms with Crippen LogP contribution in [0.5, 0.6) is 0 Å². The molecule has 1 aliphatic heterocycles. The fourth-order valence-electron chi connectivity index (χ4n) is 3.78. The highest BCUT2D eigenvalue weighted by molar-refractivity contribution is 5.62. The Hall–Kier alpha value is -2.22. The number of aliphatic hydroxyl groups excluding tert-OH is 4. The first kappa shape index (κ1) is 21.5. The number of nitrogens with zero attached hydrogens (tertiary/aromatic N) is 1. The van der Waals surface area contributed by atoms with Gasteiger partial charge < -0.3 is 25.7 Å². The highest BCUT2D eigenvalue weighted by Gasteiger charge is 2.40. The molecule has 3 rings (SSSR count). The lowest BCUT2D eigenvalue weighted by molar-refractivity contribution is -0.147. The van der Waals surface area contributed by atoms with Crippen LogP contribution in [0.4, 0.5) is 0 Å². The van der Waals surface area contributed by atoms with Gasteiger partial charge in [-0.05, 0) is 23.6 Å². The van der Waals surface area contributed by atoms with E-state index in [1.54, 1.807) is 4.90 Å². The van der Waals surface area contributed by atoms with E-state index in [-0.39, 0.29) is 19.2 Å². The summed E-state index contributed by atoms with van der Waals surface area (Å²) in [5.74, 6) is 0. The molecule has 6 nitrogen and oxygen atoms in total. The van der Waals surface area contributed by atoms with Gasteiger partial charge in [0.1, 0.15) is 12.2 Å². The summed E-state index contributed by atoms with van der Waals surface area (Å²) in [6.07, 6.45) is -3.48. The number of aliphatic hydroxyl groups is 4. The lowest BCUT2D eigenvalue weighted by Crippen LogP contribution is -2.62. The maximum absolute atomic E-state index is 10.1. The number of likely N-dealkylation sites (tertiary alicyclic amines) is 1. The van der Waals surface area contributed by atoms with Crippen LogP contribution in [0.25, 0.3) is 5.70 Å². The number of piperidine rings is 1. The molecule has 1 heterocycles. The molecule has 1 saturated heterocycles. The molecule has 0 radical (unpaired) electrons. The molecule has 0 amide bonds. The SMILES string of the molecule is C=C(N[C@H](C)c1ccccc1)c1ccc(CN2C[C@H](O)[C@@H](O)[C@H](O)[C@@H]2CO)cc1. The second-order valence-electron chi connectivity index (χ2n) is 7.68. The minimum atomic E-state index is -1.24. The Balaban J connectivity index is 1.63. The molecule has 0 aliphatic carbocycles. The van der Waals surface area contributed by atoms with Crippen molar-refractivity contribution >= 4 is 5.70 Å². The third-order valence-corrected chi connectivity index (χ3v) is 5.59. The Morgan fingerprint density at radius 2 is 1.72 bits per heavy atom. The van der Waals surface area contributed by atoms with E-state index < -0.39 is 24.4 Å². The maximum Gasteiger partial charge on any atom is 0.109 e. The van der Waals surface area contributed by atoms with Crippen molar-refractivity contribution in [1.29, 1.82) is 0 Å². The number of hydrogen-bond donors (Lipinski definition) is 5.